The normalized spacial score (nSPS) is 23.7. The van der Waals surface area contributed by atoms with E-state index in [4.69, 9.17) is 16.7 Å². The Morgan fingerprint density at radius 1 is 1.50 bits per heavy atom. The van der Waals surface area contributed by atoms with Gasteiger partial charge in [-0.15, -0.1) is 0 Å². The van der Waals surface area contributed by atoms with E-state index < -0.39 is 28.0 Å². The molecule has 0 bridgehead atoms. The molecule has 2 atom stereocenters. The van der Waals surface area contributed by atoms with Crippen LogP contribution < -0.4 is 4.72 Å². The molecule has 112 valence electrons. The van der Waals surface area contributed by atoms with Crippen LogP contribution in [0.5, 0.6) is 0 Å². The monoisotopic (exact) mass is 321 g/mol. The fourth-order valence-electron chi connectivity index (χ4n) is 2.52. The molecule has 0 amide bonds. The Morgan fingerprint density at radius 2 is 2.15 bits per heavy atom. The number of rotatable bonds is 4. The maximum Gasteiger partial charge on any atom is 0.308 e. The first kappa shape index (κ1) is 15.3. The second-order valence-electron chi connectivity index (χ2n) is 4.88. The Bertz CT molecular complexity index is 594. The third kappa shape index (κ3) is 2.97. The second-order valence-corrected chi connectivity index (χ2v) is 6.91. The van der Waals surface area contributed by atoms with Gasteiger partial charge in [-0.2, -0.15) is 5.10 Å². The number of carboxylic acids is 1. The molecule has 0 aromatic carbocycles. The van der Waals surface area contributed by atoms with Crippen molar-refractivity contribution < 1.29 is 18.3 Å². The third-order valence-electron chi connectivity index (χ3n) is 3.49. The number of carboxylic acid groups (broad SMARTS) is 1. The number of hydrogen-bond donors (Lipinski definition) is 2. The first-order valence-electron chi connectivity index (χ1n) is 6.25. The van der Waals surface area contributed by atoms with Crippen molar-refractivity contribution in [2.75, 3.05) is 0 Å². The molecule has 1 heterocycles. The van der Waals surface area contributed by atoms with Gasteiger partial charge in [0.15, 0.2) is 5.03 Å². The Morgan fingerprint density at radius 3 is 2.70 bits per heavy atom. The maximum absolute atomic E-state index is 12.3. The average molecular weight is 322 g/mol. The lowest BCUT2D eigenvalue weighted by molar-refractivity contribution is -0.143. The van der Waals surface area contributed by atoms with Gasteiger partial charge in [-0.25, -0.2) is 13.1 Å². The van der Waals surface area contributed by atoms with Crippen LogP contribution in [0.25, 0.3) is 0 Å². The summed E-state index contributed by atoms with van der Waals surface area (Å²) in [6.07, 6.45) is 3.82. The highest BCUT2D eigenvalue weighted by molar-refractivity contribution is 7.89. The molecule has 2 unspecified atom stereocenters. The van der Waals surface area contributed by atoms with Crippen LogP contribution in [0.2, 0.25) is 5.02 Å². The largest absolute Gasteiger partial charge is 0.481 e. The van der Waals surface area contributed by atoms with Gasteiger partial charge in [0.25, 0.3) is 10.0 Å². The predicted molar refractivity (Wildman–Crippen MR) is 71.9 cm³/mol. The summed E-state index contributed by atoms with van der Waals surface area (Å²) in [6.45, 7) is 0. The minimum Gasteiger partial charge on any atom is -0.481 e. The van der Waals surface area contributed by atoms with Gasteiger partial charge in [0.2, 0.25) is 0 Å². The summed E-state index contributed by atoms with van der Waals surface area (Å²) in [4.78, 5) is 11.2. The molecule has 7 nitrogen and oxygen atoms in total. The fraction of sp³-hybridized carbons (Fsp3) is 0.636. The van der Waals surface area contributed by atoms with Crippen molar-refractivity contribution in [2.45, 2.75) is 36.8 Å². The Hall–Kier alpha value is -1.12. The first-order chi connectivity index (χ1) is 9.33. The molecule has 0 aliphatic heterocycles. The van der Waals surface area contributed by atoms with E-state index in [1.165, 1.54) is 13.2 Å². The summed E-state index contributed by atoms with van der Waals surface area (Å²) in [5.74, 6) is -1.68. The van der Waals surface area contributed by atoms with Crippen molar-refractivity contribution in [1.82, 2.24) is 14.5 Å². The number of aromatic nitrogens is 2. The van der Waals surface area contributed by atoms with Crippen molar-refractivity contribution in [3.05, 3.63) is 11.2 Å². The van der Waals surface area contributed by atoms with Crippen LogP contribution in [-0.4, -0.2) is 35.3 Å². The molecule has 1 fully saturated rings. The molecule has 0 saturated heterocycles. The predicted octanol–water partition coefficient (Wildman–Crippen LogP) is 0.995. The van der Waals surface area contributed by atoms with Crippen LogP contribution >= 0.6 is 11.6 Å². The molecule has 1 aromatic rings. The van der Waals surface area contributed by atoms with E-state index >= 15 is 0 Å². The van der Waals surface area contributed by atoms with Gasteiger partial charge in [0.05, 0.1) is 17.1 Å². The van der Waals surface area contributed by atoms with E-state index in [-0.39, 0.29) is 10.0 Å². The molecule has 9 heteroatoms. The van der Waals surface area contributed by atoms with E-state index in [0.29, 0.717) is 12.8 Å². The van der Waals surface area contributed by atoms with Gasteiger partial charge < -0.3 is 5.11 Å². The lowest BCUT2D eigenvalue weighted by Gasteiger charge is -2.28. The quantitative estimate of drug-likeness (QED) is 0.861. The van der Waals surface area contributed by atoms with Gasteiger partial charge >= 0.3 is 5.97 Å². The minimum atomic E-state index is -3.89. The zero-order valence-electron chi connectivity index (χ0n) is 10.9. The SMILES string of the molecule is Cn1ncc(Cl)c1S(=O)(=O)NC1CCCCC1C(=O)O. The third-order valence-corrected chi connectivity index (χ3v) is 5.48. The standard InChI is InChI=1S/C11H16ClN3O4S/c1-15-10(8(12)6-13-15)20(18,19)14-9-5-3-2-4-7(9)11(16)17/h6-7,9,14H,2-5H2,1H3,(H,16,17). The molecule has 1 aromatic heterocycles. The number of halogens is 1. The molecular formula is C11H16ClN3O4S. The van der Waals surface area contributed by atoms with Crippen LogP contribution in [0.15, 0.2) is 11.2 Å². The van der Waals surface area contributed by atoms with Crippen LogP contribution in [0.1, 0.15) is 25.7 Å². The maximum atomic E-state index is 12.3. The fourth-order valence-corrected chi connectivity index (χ4v) is 4.49. The molecule has 1 aliphatic carbocycles. The number of nitrogens with zero attached hydrogens (tertiary/aromatic N) is 2. The number of aliphatic carboxylic acids is 1. The van der Waals surface area contributed by atoms with Crippen LogP contribution in [0.3, 0.4) is 0 Å². The minimum absolute atomic E-state index is 0.0164. The lowest BCUT2D eigenvalue weighted by atomic mass is 9.85. The molecule has 2 N–H and O–H groups in total. The van der Waals surface area contributed by atoms with Crippen LogP contribution in [0.4, 0.5) is 0 Å². The highest BCUT2D eigenvalue weighted by atomic mass is 35.5. The van der Waals surface area contributed by atoms with Crippen molar-refractivity contribution in [2.24, 2.45) is 13.0 Å². The number of nitrogens with one attached hydrogen (secondary N) is 1. The zero-order chi connectivity index (χ0) is 14.9. The number of sulfonamides is 1. The van der Waals surface area contributed by atoms with Gasteiger partial charge in [0, 0.05) is 13.1 Å². The molecule has 0 radical (unpaired) electrons. The Labute approximate surface area is 122 Å². The lowest BCUT2D eigenvalue weighted by Crippen LogP contribution is -2.45. The molecule has 1 saturated carbocycles. The molecule has 20 heavy (non-hydrogen) atoms. The zero-order valence-corrected chi connectivity index (χ0v) is 12.5. The average Bonchev–Trinajstić information content (AvgIpc) is 2.69. The van der Waals surface area contributed by atoms with E-state index in [2.05, 4.69) is 9.82 Å². The number of carbonyl (C=O) groups is 1. The topological polar surface area (TPSA) is 101 Å². The van der Waals surface area contributed by atoms with E-state index in [1.54, 1.807) is 0 Å². The van der Waals surface area contributed by atoms with Gasteiger partial charge in [-0.05, 0) is 12.8 Å². The Balaban J connectivity index is 2.25. The van der Waals surface area contributed by atoms with Crippen molar-refractivity contribution in [3.8, 4) is 0 Å². The summed E-state index contributed by atoms with van der Waals surface area (Å²) in [5, 5.41) is 12.8. The second kappa shape index (κ2) is 5.71. The molecule has 0 spiro atoms. The highest BCUT2D eigenvalue weighted by Crippen LogP contribution is 2.27. The summed E-state index contributed by atoms with van der Waals surface area (Å²) in [5.41, 5.74) is 0. The molecular weight excluding hydrogens is 306 g/mol. The van der Waals surface area contributed by atoms with Crippen molar-refractivity contribution in [1.29, 1.82) is 0 Å². The number of hydrogen-bond acceptors (Lipinski definition) is 4. The molecule has 1 aliphatic rings. The summed E-state index contributed by atoms with van der Waals surface area (Å²) in [6, 6.07) is -0.614. The van der Waals surface area contributed by atoms with Gasteiger partial charge in [-0.3, -0.25) is 9.48 Å². The van der Waals surface area contributed by atoms with E-state index in [1.807, 2.05) is 0 Å². The van der Waals surface area contributed by atoms with Crippen LogP contribution in [0, 0.1) is 5.92 Å². The van der Waals surface area contributed by atoms with Crippen molar-refractivity contribution >= 4 is 27.6 Å². The van der Waals surface area contributed by atoms with Gasteiger partial charge in [-0.1, -0.05) is 24.4 Å². The number of aryl methyl sites for hydroxylation is 1. The summed E-state index contributed by atoms with van der Waals surface area (Å²) < 4.78 is 28.3. The Kier molecular flexibility index (Phi) is 4.36. The van der Waals surface area contributed by atoms with Crippen molar-refractivity contribution in [3.63, 3.8) is 0 Å². The van der Waals surface area contributed by atoms with E-state index in [9.17, 15) is 13.2 Å². The van der Waals surface area contributed by atoms with E-state index in [0.717, 1.165) is 17.5 Å². The summed E-state index contributed by atoms with van der Waals surface area (Å²) in [7, 11) is -2.42. The highest BCUT2D eigenvalue weighted by Gasteiger charge is 2.35. The molecule has 2 rings (SSSR count). The smallest absolute Gasteiger partial charge is 0.308 e. The van der Waals surface area contributed by atoms with Gasteiger partial charge in [0.1, 0.15) is 0 Å². The first-order valence-corrected chi connectivity index (χ1v) is 8.11. The summed E-state index contributed by atoms with van der Waals surface area (Å²) >= 11 is 5.83. The van der Waals surface area contributed by atoms with Crippen LogP contribution in [-0.2, 0) is 21.9 Å².